The first-order valence-electron chi connectivity index (χ1n) is 9.90. The number of methoxy groups -OCH3 is 1. The van der Waals surface area contributed by atoms with Crippen molar-refractivity contribution >= 4 is 41.2 Å². The summed E-state index contributed by atoms with van der Waals surface area (Å²) in [7, 11) is 1.46. The van der Waals surface area contributed by atoms with Crippen LogP contribution in [0.5, 0.6) is 11.5 Å². The summed E-state index contributed by atoms with van der Waals surface area (Å²) >= 11 is 5.82. The van der Waals surface area contributed by atoms with Crippen LogP contribution in [0, 0.1) is 0 Å². The molecule has 0 aliphatic carbocycles. The highest BCUT2D eigenvalue weighted by Gasteiger charge is 2.12. The predicted molar refractivity (Wildman–Crippen MR) is 122 cm³/mol. The average molecular weight is 461 g/mol. The summed E-state index contributed by atoms with van der Waals surface area (Å²) in [5.41, 5.74) is 3.35. The molecule has 10 heteroatoms. The molecule has 0 radical (unpaired) electrons. The minimum absolute atomic E-state index is 0.227. The van der Waals surface area contributed by atoms with E-state index in [9.17, 15) is 14.4 Å². The predicted octanol–water partition coefficient (Wildman–Crippen LogP) is 2.73. The van der Waals surface area contributed by atoms with Gasteiger partial charge in [0.05, 0.1) is 13.3 Å². The fraction of sp³-hybridized carbons (Fsp3) is 0.273. The number of nitrogens with zero attached hydrogens (tertiary/aromatic N) is 1. The molecule has 0 bridgehead atoms. The quantitative estimate of drug-likeness (QED) is 0.218. The van der Waals surface area contributed by atoms with Crippen molar-refractivity contribution in [3.63, 3.8) is 0 Å². The smallest absolute Gasteiger partial charge is 0.329 e. The Hall–Kier alpha value is -3.59. The molecule has 170 valence electrons. The Bertz CT molecular complexity index is 963. The van der Waals surface area contributed by atoms with E-state index in [1.165, 1.54) is 13.3 Å². The first-order valence-corrected chi connectivity index (χ1v) is 10.3. The lowest BCUT2D eigenvalue weighted by molar-refractivity contribution is -0.139. The van der Waals surface area contributed by atoms with E-state index >= 15 is 0 Å². The molecule has 32 heavy (non-hydrogen) atoms. The van der Waals surface area contributed by atoms with Crippen molar-refractivity contribution in [1.82, 2.24) is 10.7 Å². The van der Waals surface area contributed by atoms with Crippen LogP contribution in [0.15, 0.2) is 47.6 Å². The number of hydrazone groups is 1. The number of amides is 3. The molecule has 2 aromatic carbocycles. The minimum Gasteiger partial charge on any atom is -0.493 e. The molecule has 2 aromatic rings. The molecule has 0 fully saturated rings. The fourth-order valence-corrected chi connectivity index (χ4v) is 2.56. The van der Waals surface area contributed by atoms with Gasteiger partial charge in [0.15, 0.2) is 18.1 Å². The zero-order valence-corrected chi connectivity index (χ0v) is 18.6. The van der Waals surface area contributed by atoms with Gasteiger partial charge < -0.3 is 20.1 Å². The molecule has 3 amide bonds. The van der Waals surface area contributed by atoms with Crippen LogP contribution in [-0.4, -0.2) is 44.2 Å². The van der Waals surface area contributed by atoms with E-state index in [1.54, 1.807) is 42.5 Å². The molecule has 9 nitrogen and oxygen atoms in total. The largest absolute Gasteiger partial charge is 0.493 e. The number of ether oxygens (including phenoxy) is 2. The maximum atomic E-state index is 12.1. The zero-order valence-electron chi connectivity index (χ0n) is 17.8. The molecule has 0 saturated heterocycles. The number of hydrogen-bond donors (Lipinski definition) is 3. The van der Waals surface area contributed by atoms with Crippen LogP contribution in [0.3, 0.4) is 0 Å². The van der Waals surface area contributed by atoms with Gasteiger partial charge in [-0.3, -0.25) is 14.4 Å². The van der Waals surface area contributed by atoms with Crippen molar-refractivity contribution < 1.29 is 23.9 Å². The number of anilines is 1. The monoisotopic (exact) mass is 460 g/mol. The number of rotatable bonds is 10. The summed E-state index contributed by atoms with van der Waals surface area (Å²) in [5, 5.41) is 9.53. The highest BCUT2D eigenvalue weighted by Crippen LogP contribution is 2.27. The highest BCUT2D eigenvalue weighted by molar-refractivity contribution is 6.35. The van der Waals surface area contributed by atoms with E-state index in [0.717, 1.165) is 12.8 Å². The molecule has 3 N–H and O–H groups in total. The second-order valence-corrected chi connectivity index (χ2v) is 7.00. The van der Waals surface area contributed by atoms with Gasteiger partial charge in [0.2, 0.25) is 0 Å². The van der Waals surface area contributed by atoms with E-state index in [4.69, 9.17) is 21.1 Å². The van der Waals surface area contributed by atoms with Gasteiger partial charge in [0.25, 0.3) is 5.91 Å². The average Bonchev–Trinajstić information content (AvgIpc) is 2.79. The van der Waals surface area contributed by atoms with Gasteiger partial charge in [0, 0.05) is 17.3 Å². The number of unbranched alkanes of at least 4 members (excludes halogenated alkanes) is 1. The Morgan fingerprint density at radius 1 is 1.06 bits per heavy atom. The third-order valence-electron chi connectivity index (χ3n) is 4.08. The lowest BCUT2D eigenvalue weighted by atomic mass is 10.2. The summed E-state index contributed by atoms with van der Waals surface area (Å²) in [6.07, 6.45) is 3.06. The second kappa shape index (κ2) is 13.0. The van der Waals surface area contributed by atoms with Crippen molar-refractivity contribution in [2.45, 2.75) is 19.8 Å². The van der Waals surface area contributed by atoms with E-state index in [1.807, 2.05) is 6.92 Å². The van der Waals surface area contributed by atoms with Crippen LogP contribution in [0.25, 0.3) is 0 Å². The van der Waals surface area contributed by atoms with Gasteiger partial charge in [-0.2, -0.15) is 5.10 Å². The Morgan fingerprint density at radius 2 is 1.81 bits per heavy atom. The third kappa shape index (κ3) is 8.27. The highest BCUT2D eigenvalue weighted by atomic mass is 35.5. The van der Waals surface area contributed by atoms with E-state index < -0.39 is 11.8 Å². The molecular formula is C22H25ClN4O5. The molecule has 2 rings (SSSR count). The van der Waals surface area contributed by atoms with E-state index in [0.29, 0.717) is 34.3 Å². The fourth-order valence-electron chi connectivity index (χ4n) is 2.43. The summed E-state index contributed by atoms with van der Waals surface area (Å²) in [6.45, 7) is 2.19. The van der Waals surface area contributed by atoms with Crippen molar-refractivity contribution in [3.8, 4) is 11.5 Å². The Labute approximate surface area is 191 Å². The Kier molecular flexibility index (Phi) is 9.99. The summed E-state index contributed by atoms with van der Waals surface area (Å²) in [5.74, 6) is -1.21. The van der Waals surface area contributed by atoms with Crippen LogP contribution >= 0.6 is 11.6 Å². The van der Waals surface area contributed by atoms with Gasteiger partial charge in [-0.25, -0.2) is 5.43 Å². The number of carbonyl (C=O) groups is 3. The number of benzene rings is 2. The van der Waals surface area contributed by atoms with Crippen LogP contribution < -0.4 is 25.5 Å². The lowest BCUT2D eigenvalue weighted by Crippen LogP contribution is -2.38. The SMILES string of the molecule is CCCCNC(=O)C(=O)N/N=C\c1ccc(OCC(=O)Nc2ccc(Cl)cc2)c(OC)c1. The van der Waals surface area contributed by atoms with Crippen molar-refractivity contribution in [3.05, 3.63) is 53.1 Å². The molecule has 0 spiro atoms. The molecule has 0 aliphatic heterocycles. The number of hydrogen-bond acceptors (Lipinski definition) is 6. The second-order valence-electron chi connectivity index (χ2n) is 6.56. The molecule has 0 aliphatic rings. The summed E-state index contributed by atoms with van der Waals surface area (Å²) in [6, 6.07) is 11.6. The maximum Gasteiger partial charge on any atom is 0.329 e. The van der Waals surface area contributed by atoms with Gasteiger partial charge >= 0.3 is 11.8 Å². The maximum absolute atomic E-state index is 12.1. The summed E-state index contributed by atoms with van der Waals surface area (Å²) < 4.78 is 10.8. The molecule has 0 unspecified atom stereocenters. The van der Waals surface area contributed by atoms with Crippen molar-refractivity contribution in [1.29, 1.82) is 0 Å². The van der Waals surface area contributed by atoms with Crippen LogP contribution in [-0.2, 0) is 14.4 Å². The lowest BCUT2D eigenvalue weighted by Gasteiger charge is -2.11. The Balaban J connectivity index is 1.87. The normalized spacial score (nSPS) is 10.5. The zero-order chi connectivity index (χ0) is 23.3. The first-order chi connectivity index (χ1) is 15.4. The molecule has 0 atom stereocenters. The van der Waals surface area contributed by atoms with Gasteiger partial charge in [0.1, 0.15) is 0 Å². The molecule has 0 saturated carbocycles. The number of carbonyl (C=O) groups excluding carboxylic acids is 3. The standard InChI is InChI=1S/C22H25ClN4O5/c1-3-4-11-24-21(29)22(30)27-25-13-15-5-10-18(19(12-15)31-2)32-14-20(28)26-17-8-6-16(23)7-9-17/h5-10,12-13H,3-4,11,14H2,1-2H3,(H,24,29)(H,26,28)(H,27,30)/b25-13-. The van der Waals surface area contributed by atoms with E-state index in [-0.39, 0.29) is 12.5 Å². The molecular weight excluding hydrogens is 436 g/mol. The molecule has 0 aromatic heterocycles. The summed E-state index contributed by atoms with van der Waals surface area (Å²) in [4.78, 5) is 35.3. The molecule has 0 heterocycles. The van der Waals surface area contributed by atoms with Crippen LogP contribution in [0.1, 0.15) is 25.3 Å². The minimum atomic E-state index is -0.851. The number of nitrogens with one attached hydrogen (secondary N) is 3. The van der Waals surface area contributed by atoms with Gasteiger partial charge in [-0.15, -0.1) is 0 Å². The first kappa shape index (κ1) is 24.7. The number of halogens is 1. The van der Waals surface area contributed by atoms with Crippen LogP contribution in [0.2, 0.25) is 5.02 Å². The van der Waals surface area contributed by atoms with Crippen molar-refractivity contribution in [2.24, 2.45) is 5.10 Å². The third-order valence-corrected chi connectivity index (χ3v) is 4.33. The van der Waals surface area contributed by atoms with E-state index in [2.05, 4.69) is 21.2 Å². The topological polar surface area (TPSA) is 118 Å². The Morgan fingerprint density at radius 3 is 2.50 bits per heavy atom. The van der Waals surface area contributed by atoms with Crippen LogP contribution in [0.4, 0.5) is 5.69 Å². The van der Waals surface area contributed by atoms with Gasteiger partial charge in [-0.05, 0) is 54.4 Å². The van der Waals surface area contributed by atoms with Gasteiger partial charge in [-0.1, -0.05) is 24.9 Å². The van der Waals surface area contributed by atoms with Crippen molar-refractivity contribution in [2.75, 3.05) is 25.6 Å².